The molecule has 1 aliphatic heterocycles. The van der Waals surface area contributed by atoms with Gasteiger partial charge in [0.05, 0.1) is 5.56 Å². The predicted molar refractivity (Wildman–Crippen MR) is 98.6 cm³/mol. The molecule has 0 unspecified atom stereocenters. The van der Waals surface area contributed by atoms with Crippen LogP contribution in [-0.2, 0) is 16.1 Å². The summed E-state index contributed by atoms with van der Waals surface area (Å²) >= 11 is 0. The topological polar surface area (TPSA) is 80.3 Å². The maximum atomic E-state index is 12.2. The van der Waals surface area contributed by atoms with Gasteiger partial charge in [0.15, 0.2) is 0 Å². The second-order valence-corrected chi connectivity index (χ2v) is 6.43. The molecule has 1 aromatic carbocycles. The van der Waals surface area contributed by atoms with Crippen molar-refractivity contribution in [2.24, 2.45) is 5.92 Å². The van der Waals surface area contributed by atoms with Crippen LogP contribution in [0.25, 0.3) is 0 Å². The Balaban J connectivity index is 1.50. The average molecular weight is 353 g/mol. The Kier molecular flexibility index (Phi) is 6.33. The van der Waals surface area contributed by atoms with Crippen LogP contribution >= 0.6 is 0 Å². The molecule has 1 fully saturated rings. The van der Waals surface area contributed by atoms with Gasteiger partial charge in [0.1, 0.15) is 0 Å². The Hall–Kier alpha value is -2.73. The van der Waals surface area contributed by atoms with Gasteiger partial charge in [0.25, 0.3) is 5.91 Å². The SMILES string of the molecule is O=C(CC1CCOCC1)NCc1cccc(NC(=O)c2cccnc2)c1. The zero-order valence-corrected chi connectivity index (χ0v) is 14.6. The molecule has 0 bridgehead atoms. The van der Waals surface area contributed by atoms with Gasteiger partial charge in [-0.3, -0.25) is 14.6 Å². The number of carbonyl (C=O) groups excluding carboxylic acids is 2. The van der Waals surface area contributed by atoms with Crippen LogP contribution in [-0.4, -0.2) is 30.0 Å². The Morgan fingerprint density at radius 2 is 2.00 bits per heavy atom. The maximum absolute atomic E-state index is 12.2. The molecule has 1 aliphatic rings. The van der Waals surface area contributed by atoms with Gasteiger partial charge in [-0.1, -0.05) is 12.1 Å². The number of carbonyl (C=O) groups is 2. The summed E-state index contributed by atoms with van der Waals surface area (Å²) in [6, 6.07) is 10.9. The third-order valence-corrected chi connectivity index (χ3v) is 4.41. The Bertz CT molecular complexity index is 743. The normalized spacial score (nSPS) is 14.6. The Labute approximate surface area is 153 Å². The van der Waals surface area contributed by atoms with E-state index < -0.39 is 0 Å². The van der Waals surface area contributed by atoms with Crippen molar-refractivity contribution in [3.05, 3.63) is 59.9 Å². The van der Waals surface area contributed by atoms with Crippen molar-refractivity contribution in [3.63, 3.8) is 0 Å². The van der Waals surface area contributed by atoms with Gasteiger partial charge in [-0.25, -0.2) is 0 Å². The van der Waals surface area contributed by atoms with Crippen LogP contribution in [0.2, 0.25) is 0 Å². The number of nitrogens with zero attached hydrogens (tertiary/aromatic N) is 1. The van der Waals surface area contributed by atoms with Gasteiger partial charge in [0.2, 0.25) is 5.91 Å². The summed E-state index contributed by atoms with van der Waals surface area (Å²) in [4.78, 5) is 28.2. The number of ether oxygens (including phenoxy) is 1. The molecule has 0 radical (unpaired) electrons. The van der Waals surface area contributed by atoms with E-state index in [1.807, 2.05) is 24.3 Å². The fourth-order valence-electron chi connectivity index (χ4n) is 2.94. The second-order valence-electron chi connectivity index (χ2n) is 6.43. The molecule has 26 heavy (non-hydrogen) atoms. The number of rotatable bonds is 6. The third kappa shape index (κ3) is 5.39. The number of hydrogen-bond acceptors (Lipinski definition) is 4. The minimum absolute atomic E-state index is 0.0571. The lowest BCUT2D eigenvalue weighted by molar-refractivity contribution is -0.122. The summed E-state index contributed by atoms with van der Waals surface area (Å²) < 4.78 is 5.32. The number of anilines is 1. The fraction of sp³-hybridized carbons (Fsp3) is 0.350. The van der Waals surface area contributed by atoms with Crippen molar-refractivity contribution in [2.75, 3.05) is 18.5 Å². The van der Waals surface area contributed by atoms with E-state index in [1.165, 1.54) is 6.20 Å². The smallest absolute Gasteiger partial charge is 0.257 e. The van der Waals surface area contributed by atoms with Crippen molar-refractivity contribution < 1.29 is 14.3 Å². The number of hydrogen-bond donors (Lipinski definition) is 2. The highest BCUT2D eigenvalue weighted by Gasteiger charge is 2.17. The summed E-state index contributed by atoms with van der Waals surface area (Å²) in [6.07, 6.45) is 5.59. The first-order valence-corrected chi connectivity index (χ1v) is 8.85. The average Bonchev–Trinajstić information content (AvgIpc) is 2.68. The summed E-state index contributed by atoms with van der Waals surface area (Å²) in [6.45, 7) is 1.94. The molecule has 1 aromatic heterocycles. The largest absolute Gasteiger partial charge is 0.381 e. The van der Waals surface area contributed by atoms with E-state index >= 15 is 0 Å². The van der Waals surface area contributed by atoms with Crippen molar-refractivity contribution in [3.8, 4) is 0 Å². The summed E-state index contributed by atoms with van der Waals surface area (Å²) in [7, 11) is 0. The van der Waals surface area contributed by atoms with Crippen LogP contribution in [0.3, 0.4) is 0 Å². The van der Waals surface area contributed by atoms with E-state index in [9.17, 15) is 9.59 Å². The first-order valence-electron chi connectivity index (χ1n) is 8.85. The van der Waals surface area contributed by atoms with Gasteiger partial charge >= 0.3 is 0 Å². The van der Waals surface area contributed by atoms with Crippen molar-refractivity contribution in [1.82, 2.24) is 10.3 Å². The number of benzene rings is 1. The van der Waals surface area contributed by atoms with E-state index in [1.54, 1.807) is 18.3 Å². The van der Waals surface area contributed by atoms with Crippen molar-refractivity contribution in [2.45, 2.75) is 25.8 Å². The fourth-order valence-corrected chi connectivity index (χ4v) is 2.94. The number of nitrogens with one attached hydrogen (secondary N) is 2. The third-order valence-electron chi connectivity index (χ3n) is 4.41. The first-order chi connectivity index (χ1) is 12.7. The molecule has 6 nitrogen and oxygen atoms in total. The van der Waals surface area contributed by atoms with Gasteiger partial charge < -0.3 is 15.4 Å². The van der Waals surface area contributed by atoms with Crippen molar-refractivity contribution >= 4 is 17.5 Å². The van der Waals surface area contributed by atoms with Crippen LogP contribution in [0.5, 0.6) is 0 Å². The molecule has 136 valence electrons. The Morgan fingerprint density at radius 1 is 1.15 bits per heavy atom. The molecule has 0 atom stereocenters. The summed E-state index contributed by atoms with van der Waals surface area (Å²) in [5.74, 6) is 0.259. The minimum Gasteiger partial charge on any atom is -0.381 e. The van der Waals surface area contributed by atoms with Crippen LogP contribution in [0, 0.1) is 5.92 Å². The quantitative estimate of drug-likeness (QED) is 0.837. The van der Waals surface area contributed by atoms with E-state index in [4.69, 9.17) is 4.74 Å². The standard InChI is InChI=1S/C20H23N3O3/c24-19(12-15-6-9-26-10-7-15)22-13-16-3-1-5-18(11-16)23-20(25)17-4-2-8-21-14-17/h1-5,8,11,14-15H,6-7,9-10,12-13H2,(H,22,24)(H,23,25). The number of amides is 2. The highest BCUT2D eigenvalue weighted by Crippen LogP contribution is 2.18. The molecule has 0 spiro atoms. The molecule has 2 heterocycles. The minimum atomic E-state index is -0.209. The van der Waals surface area contributed by atoms with Gasteiger partial charge in [-0.15, -0.1) is 0 Å². The first kappa shape index (κ1) is 18.1. The van der Waals surface area contributed by atoms with Gasteiger partial charge in [-0.05, 0) is 48.6 Å². The lowest BCUT2D eigenvalue weighted by Crippen LogP contribution is -2.27. The van der Waals surface area contributed by atoms with Gasteiger partial charge in [-0.2, -0.15) is 0 Å². The van der Waals surface area contributed by atoms with E-state index in [0.29, 0.717) is 30.1 Å². The second kappa shape index (κ2) is 9.10. The molecule has 1 saturated heterocycles. The number of pyridine rings is 1. The lowest BCUT2D eigenvalue weighted by Gasteiger charge is -2.21. The molecular formula is C20H23N3O3. The molecular weight excluding hydrogens is 330 g/mol. The van der Waals surface area contributed by atoms with E-state index in [0.717, 1.165) is 31.6 Å². The number of aromatic nitrogens is 1. The van der Waals surface area contributed by atoms with Gasteiger partial charge in [0, 0.05) is 44.3 Å². The predicted octanol–water partition coefficient (Wildman–Crippen LogP) is 2.77. The molecule has 2 aromatic rings. The van der Waals surface area contributed by atoms with Crippen LogP contribution in [0.4, 0.5) is 5.69 Å². The summed E-state index contributed by atoms with van der Waals surface area (Å²) in [5, 5.41) is 5.80. The van der Waals surface area contributed by atoms with E-state index in [2.05, 4.69) is 15.6 Å². The highest BCUT2D eigenvalue weighted by atomic mass is 16.5. The Morgan fingerprint density at radius 3 is 2.77 bits per heavy atom. The summed E-state index contributed by atoms with van der Waals surface area (Å²) in [5.41, 5.74) is 2.13. The lowest BCUT2D eigenvalue weighted by atomic mass is 9.96. The van der Waals surface area contributed by atoms with Crippen molar-refractivity contribution in [1.29, 1.82) is 0 Å². The monoisotopic (exact) mass is 353 g/mol. The van der Waals surface area contributed by atoms with Crippen LogP contribution < -0.4 is 10.6 Å². The molecule has 0 aliphatic carbocycles. The zero-order valence-electron chi connectivity index (χ0n) is 14.6. The maximum Gasteiger partial charge on any atom is 0.257 e. The molecule has 0 saturated carbocycles. The molecule has 2 N–H and O–H groups in total. The molecule has 6 heteroatoms. The molecule has 2 amide bonds. The van der Waals surface area contributed by atoms with Crippen LogP contribution in [0.15, 0.2) is 48.8 Å². The van der Waals surface area contributed by atoms with E-state index in [-0.39, 0.29) is 11.8 Å². The molecule has 3 rings (SSSR count). The highest BCUT2D eigenvalue weighted by molar-refractivity contribution is 6.04. The zero-order chi connectivity index (χ0) is 18.2. The van der Waals surface area contributed by atoms with Crippen LogP contribution in [0.1, 0.15) is 35.2 Å².